The molecule has 0 aromatic carbocycles. The molecule has 0 spiro atoms. The number of rotatable bonds is 5. The number of fused-ring (bicyclic) bond motifs is 3. The van der Waals surface area contributed by atoms with Gasteiger partial charge in [0.1, 0.15) is 0 Å². The Balaban J connectivity index is 0.00000136. The van der Waals surface area contributed by atoms with E-state index in [1.165, 1.54) is 38.5 Å². The SMILES string of the molecule is C.CC.CCCC1CCC2C3CCC(CC(F)(F)F)C(C)(CCC)C3CCC12C. The van der Waals surface area contributed by atoms with E-state index < -0.39 is 12.6 Å². The molecule has 3 rings (SSSR count). The summed E-state index contributed by atoms with van der Waals surface area (Å²) in [7, 11) is 0. The van der Waals surface area contributed by atoms with Crippen molar-refractivity contribution in [3.8, 4) is 0 Å². The maximum atomic E-state index is 13.3. The van der Waals surface area contributed by atoms with Crippen LogP contribution >= 0.6 is 0 Å². The van der Waals surface area contributed by atoms with Gasteiger partial charge in [-0.1, -0.05) is 68.2 Å². The lowest BCUT2D eigenvalue weighted by molar-refractivity contribution is -0.177. The van der Waals surface area contributed by atoms with Gasteiger partial charge in [0, 0.05) is 6.42 Å². The van der Waals surface area contributed by atoms with Gasteiger partial charge in [-0.25, -0.2) is 0 Å². The number of hydrogen-bond donors (Lipinski definition) is 0. The molecule has 0 heterocycles. The first kappa shape index (κ1) is 26.8. The topological polar surface area (TPSA) is 0 Å². The molecule has 3 fully saturated rings. The van der Waals surface area contributed by atoms with Gasteiger partial charge in [0.2, 0.25) is 0 Å². The summed E-state index contributed by atoms with van der Waals surface area (Å²) in [6.45, 7) is 13.2. The second kappa shape index (κ2) is 10.4. The molecule has 3 heteroatoms. The molecule has 0 saturated heterocycles. The zero-order valence-corrected chi connectivity index (χ0v) is 19.3. The molecule has 3 aliphatic carbocycles. The van der Waals surface area contributed by atoms with Crippen LogP contribution < -0.4 is 0 Å². The van der Waals surface area contributed by atoms with Crippen LogP contribution in [0, 0.1) is 40.4 Å². The van der Waals surface area contributed by atoms with E-state index in [9.17, 15) is 13.2 Å². The Morgan fingerprint density at radius 1 is 0.828 bits per heavy atom. The first-order valence-corrected chi connectivity index (χ1v) is 12.2. The number of halogens is 3. The molecule has 0 aromatic heterocycles. The van der Waals surface area contributed by atoms with Crippen LogP contribution in [0.5, 0.6) is 0 Å². The molecular weight excluding hydrogens is 369 g/mol. The van der Waals surface area contributed by atoms with E-state index in [-0.39, 0.29) is 18.8 Å². The van der Waals surface area contributed by atoms with Crippen LogP contribution in [0.2, 0.25) is 0 Å². The van der Waals surface area contributed by atoms with E-state index >= 15 is 0 Å². The lowest BCUT2D eigenvalue weighted by Gasteiger charge is -2.59. The van der Waals surface area contributed by atoms with E-state index in [0.717, 1.165) is 37.5 Å². The third kappa shape index (κ3) is 5.17. The fourth-order valence-electron chi connectivity index (χ4n) is 8.01. The van der Waals surface area contributed by atoms with Gasteiger partial charge in [0.25, 0.3) is 0 Å². The molecule has 0 nitrogen and oxygen atoms in total. The van der Waals surface area contributed by atoms with Crippen molar-refractivity contribution in [2.75, 3.05) is 0 Å². The Morgan fingerprint density at radius 2 is 1.45 bits per heavy atom. The molecule has 174 valence electrons. The average Bonchev–Trinajstić information content (AvgIpc) is 2.96. The molecule has 3 aliphatic rings. The summed E-state index contributed by atoms with van der Waals surface area (Å²) in [4.78, 5) is 0. The molecule has 3 saturated carbocycles. The summed E-state index contributed by atoms with van der Waals surface area (Å²) >= 11 is 0. The predicted octanol–water partition coefficient (Wildman–Crippen LogP) is 9.68. The van der Waals surface area contributed by atoms with Gasteiger partial charge in [-0.3, -0.25) is 0 Å². The number of alkyl halides is 3. The van der Waals surface area contributed by atoms with Crippen molar-refractivity contribution in [3.05, 3.63) is 0 Å². The molecule has 0 aromatic rings. The second-order valence-corrected chi connectivity index (χ2v) is 10.3. The fraction of sp³-hybridized carbons (Fsp3) is 1.00. The van der Waals surface area contributed by atoms with Gasteiger partial charge in [-0.15, -0.1) is 0 Å². The average molecular weight is 419 g/mol. The largest absolute Gasteiger partial charge is 0.389 e. The van der Waals surface area contributed by atoms with Crippen LogP contribution in [0.4, 0.5) is 13.2 Å². The molecule has 0 bridgehead atoms. The molecule has 29 heavy (non-hydrogen) atoms. The Hall–Kier alpha value is -0.210. The molecular formula is C26H49F3. The quantitative estimate of drug-likeness (QED) is 0.417. The standard InChI is InChI=1S/C23H39F3.C2H6.CH4/c1-5-7-16-9-11-19-18-10-8-17(15-23(24,25)26)21(3,13-6-2)20(18)12-14-22(16,19)4;1-2;/h16-20H,5-15H2,1-4H3;1-2H3;1H4. The van der Waals surface area contributed by atoms with Crippen LogP contribution in [0.15, 0.2) is 0 Å². The smallest absolute Gasteiger partial charge is 0.171 e. The minimum Gasteiger partial charge on any atom is -0.171 e. The third-order valence-electron chi connectivity index (χ3n) is 9.17. The van der Waals surface area contributed by atoms with Gasteiger partial charge in [0.15, 0.2) is 0 Å². The highest BCUT2D eigenvalue weighted by Gasteiger charge is 2.59. The van der Waals surface area contributed by atoms with Crippen LogP contribution in [0.1, 0.15) is 120 Å². The van der Waals surface area contributed by atoms with E-state index in [1.807, 2.05) is 13.8 Å². The summed E-state index contributed by atoms with van der Waals surface area (Å²) in [6, 6.07) is 0. The van der Waals surface area contributed by atoms with Crippen LogP contribution in [0.25, 0.3) is 0 Å². The van der Waals surface area contributed by atoms with E-state index in [2.05, 4.69) is 27.7 Å². The molecule has 0 N–H and O–H groups in total. The monoisotopic (exact) mass is 418 g/mol. The van der Waals surface area contributed by atoms with Gasteiger partial charge >= 0.3 is 6.18 Å². The first-order chi connectivity index (χ1) is 13.2. The highest BCUT2D eigenvalue weighted by molar-refractivity contribution is 5.08. The predicted molar refractivity (Wildman–Crippen MR) is 120 cm³/mol. The summed E-state index contributed by atoms with van der Waals surface area (Å²) < 4.78 is 39.8. The molecule has 0 radical (unpaired) electrons. The summed E-state index contributed by atoms with van der Waals surface area (Å²) in [6.07, 6.45) is 6.95. The summed E-state index contributed by atoms with van der Waals surface area (Å²) in [5.74, 6) is 2.64. The van der Waals surface area contributed by atoms with Crippen molar-refractivity contribution in [1.82, 2.24) is 0 Å². The third-order valence-corrected chi connectivity index (χ3v) is 9.17. The Morgan fingerprint density at radius 3 is 2.00 bits per heavy atom. The van der Waals surface area contributed by atoms with Crippen molar-refractivity contribution < 1.29 is 13.2 Å². The zero-order chi connectivity index (χ0) is 21.2. The van der Waals surface area contributed by atoms with Crippen molar-refractivity contribution in [3.63, 3.8) is 0 Å². The van der Waals surface area contributed by atoms with Crippen LogP contribution in [0.3, 0.4) is 0 Å². The van der Waals surface area contributed by atoms with E-state index in [4.69, 9.17) is 0 Å². The highest BCUT2D eigenvalue weighted by Crippen LogP contribution is 2.67. The van der Waals surface area contributed by atoms with Gasteiger partial charge in [-0.2, -0.15) is 13.2 Å². The molecule has 7 atom stereocenters. The highest BCUT2D eigenvalue weighted by atomic mass is 19.4. The number of hydrogen-bond acceptors (Lipinski definition) is 0. The second-order valence-electron chi connectivity index (χ2n) is 10.3. The van der Waals surface area contributed by atoms with Crippen molar-refractivity contribution in [2.24, 2.45) is 40.4 Å². The van der Waals surface area contributed by atoms with Gasteiger partial charge in [0.05, 0.1) is 0 Å². The van der Waals surface area contributed by atoms with Crippen LogP contribution in [-0.2, 0) is 0 Å². The zero-order valence-electron chi connectivity index (χ0n) is 19.3. The lowest BCUT2D eigenvalue weighted by Crippen LogP contribution is -2.52. The van der Waals surface area contributed by atoms with Crippen molar-refractivity contribution in [2.45, 2.75) is 126 Å². The minimum absolute atomic E-state index is 0. The van der Waals surface area contributed by atoms with E-state index in [1.54, 1.807) is 0 Å². The van der Waals surface area contributed by atoms with E-state index in [0.29, 0.717) is 17.3 Å². The minimum atomic E-state index is -4.02. The maximum absolute atomic E-state index is 13.3. The normalized spacial score (nSPS) is 41.5. The molecule has 7 unspecified atom stereocenters. The van der Waals surface area contributed by atoms with Gasteiger partial charge < -0.3 is 0 Å². The molecule has 0 aliphatic heterocycles. The Bertz CT molecular complexity index is 485. The van der Waals surface area contributed by atoms with Crippen molar-refractivity contribution in [1.29, 1.82) is 0 Å². The molecule has 0 amide bonds. The lowest BCUT2D eigenvalue weighted by atomic mass is 9.46. The van der Waals surface area contributed by atoms with Gasteiger partial charge in [-0.05, 0) is 85.4 Å². The summed E-state index contributed by atoms with van der Waals surface area (Å²) in [5, 5.41) is 0. The van der Waals surface area contributed by atoms with Crippen LogP contribution in [-0.4, -0.2) is 6.18 Å². The van der Waals surface area contributed by atoms with Crippen molar-refractivity contribution >= 4 is 0 Å². The Kier molecular flexibility index (Phi) is 9.62. The summed E-state index contributed by atoms with van der Waals surface area (Å²) in [5.41, 5.74) is 0.346. The Labute approximate surface area is 179 Å². The maximum Gasteiger partial charge on any atom is 0.389 e. The first-order valence-electron chi connectivity index (χ1n) is 12.2. The fourth-order valence-corrected chi connectivity index (χ4v) is 8.01.